The molecule has 0 aliphatic heterocycles. The van der Waals surface area contributed by atoms with E-state index in [0.717, 1.165) is 24.2 Å². The first-order valence-electron chi connectivity index (χ1n) is 11.3. The lowest BCUT2D eigenvalue weighted by Crippen LogP contribution is -2.33. The topological polar surface area (TPSA) is 99.3 Å². The van der Waals surface area contributed by atoms with Gasteiger partial charge in [-0.1, -0.05) is 0 Å². The molecule has 37 heavy (non-hydrogen) atoms. The quantitative estimate of drug-likeness (QED) is 0.252. The second-order valence-corrected chi connectivity index (χ2v) is 9.22. The number of carbonyl (C=O) groups is 2. The van der Waals surface area contributed by atoms with Gasteiger partial charge in [-0.25, -0.2) is 9.97 Å². The van der Waals surface area contributed by atoms with Gasteiger partial charge in [0.1, 0.15) is 10.8 Å². The average Bonchev–Trinajstić information content (AvgIpc) is 2.85. The van der Waals surface area contributed by atoms with Gasteiger partial charge in [0.05, 0.1) is 17.7 Å². The van der Waals surface area contributed by atoms with E-state index in [4.69, 9.17) is 0 Å². The fourth-order valence-corrected chi connectivity index (χ4v) is 4.03. The van der Waals surface area contributed by atoms with Crippen LogP contribution in [0.2, 0.25) is 0 Å². The molecular formula is C25H27F3N6O2S. The van der Waals surface area contributed by atoms with E-state index in [0.29, 0.717) is 28.7 Å². The smallest absolute Gasteiger partial charge is 0.322 e. The minimum atomic E-state index is -4.45. The summed E-state index contributed by atoms with van der Waals surface area (Å²) in [5.41, 5.74) is 0.592. The van der Waals surface area contributed by atoms with Crippen molar-refractivity contribution in [3.63, 3.8) is 0 Å². The van der Waals surface area contributed by atoms with Crippen molar-refractivity contribution in [1.29, 1.82) is 0 Å². The zero-order chi connectivity index (χ0) is 26.8. The van der Waals surface area contributed by atoms with E-state index in [-0.39, 0.29) is 18.1 Å². The van der Waals surface area contributed by atoms with E-state index in [9.17, 15) is 22.8 Å². The van der Waals surface area contributed by atoms with Crippen LogP contribution < -0.4 is 16.0 Å². The van der Waals surface area contributed by atoms with Crippen LogP contribution in [0, 0.1) is 0 Å². The largest absolute Gasteiger partial charge is 0.416 e. The number of benzene rings is 1. The SMILES string of the molecule is CN(C)CCNCC(=O)Nc1cc(CSc2ncccc2C(=O)Nc2ccc(C(F)(F)F)cc2)ccn1. The van der Waals surface area contributed by atoms with Crippen LogP contribution in [0.3, 0.4) is 0 Å². The normalized spacial score (nSPS) is 11.4. The summed E-state index contributed by atoms with van der Waals surface area (Å²) in [5, 5.41) is 8.88. The lowest BCUT2D eigenvalue weighted by Gasteiger charge is -2.11. The van der Waals surface area contributed by atoms with Gasteiger partial charge in [-0.2, -0.15) is 13.2 Å². The Bertz CT molecular complexity index is 1210. The van der Waals surface area contributed by atoms with Gasteiger partial charge in [-0.3, -0.25) is 9.59 Å². The number of aromatic nitrogens is 2. The van der Waals surface area contributed by atoms with Crippen molar-refractivity contribution in [3.05, 3.63) is 77.6 Å². The lowest BCUT2D eigenvalue weighted by molar-refractivity contribution is -0.137. The van der Waals surface area contributed by atoms with Crippen molar-refractivity contribution in [3.8, 4) is 0 Å². The molecule has 2 amide bonds. The molecule has 1 aromatic carbocycles. The molecule has 2 aromatic heterocycles. The highest BCUT2D eigenvalue weighted by Crippen LogP contribution is 2.30. The van der Waals surface area contributed by atoms with Crippen molar-refractivity contribution < 1.29 is 22.8 Å². The molecule has 0 saturated carbocycles. The molecule has 0 aliphatic carbocycles. The maximum absolute atomic E-state index is 12.8. The maximum Gasteiger partial charge on any atom is 0.416 e. The molecule has 0 spiro atoms. The minimum Gasteiger partial charge on any atom is -0.322 e. The molecule has 12 heteroatoms. The van der Waals surface area contributed by atoms with Crippen LogP contribution >= 0.6 is 11.8 Å². The zero-order valence-electron chi connectivity index (χ0n) is 20.3. The number of nitrogens with one attached hydrogen (secondary N) is 3. The van der Waals surface area contributed by atoms with E-state index >= 15 is 0 Å². The zero-order valence-corrected chi connectivity index (χ0v) is 21.1. The molecule has 0 saturated heterocycles. The summed E-state index contributed by atoms with van der Waals surface area (Å²) in [7, 11) is 3.91. The molecule has 8 nitrogen and oxygen atoms in total. The number of carbonyl (C=O) groups excluding carboxylic acids is 2. The van der Waals surface area contributed by atoms with Crippen molar-refractivity contribution >= 4 is 35.1 Å². The standard InChI is InChI=1S/C25H27F3N6O2S/c1-34(2)13-12-29-15-22(35)33-21-14-17(9-11-30-21)16-37-24-20(4-3-10-31-24)23(36)32-19-7-5-18(6-8-19)25(26,27)28/h3-11,14,29H,12-13,15-16H2,1-2H3,(H,32,36)(H,30,33,35). The third-order valence-corrected chi connectivity index (χ3v) is 6.05. The molecular weight excluding hydrogens is 505 g/mol. The molecule has 0 unspecified atom stereocenters. The van der Waals surface area contributed by atoms with Crippen LogP contribution in [-0.2, 0) is 16.7 Å². The molecule has 3 rings (SSSR count). The van der Waals surface area contributed by atoms with Gasteiger partial charge in [0, 0.05) is 36.9 Å². The van der Waals surface area contributed by atoms with E-state index in [2.05, 4.69) is 25.9 Å². The van der Waals surface area contributed by atoms with Gasteiger partial charge in [-0.05, 0) is 68.2 Å². The summed E-state index contributed by atoms with van der Waals surface area (Å²) in [6.45, 7) is 1.67. The molecule has 196 valence electrons. The van der Waals surface area contributed by atoms with Crippen molar-refractivity contribution in [2.45, 2.75) is 17.0 Å². The first-order chi connectivity index (χ1) is 17.6. The molecule has 2 heterocycles. The summed E-state index contributed by atoms with van der Waals surface area (Å²) in [6, 6.07) is 11.0. The Morgan fingerprint density at radius 2 is 1.76 bits per heavy atom. The molecule has 0 aliphatic rings. The first kappa shape index (κ1) is 28.1. The lowest BCUT2D eigenvalue weighted by atomic mass is 10.2. The number of anilines is 2. The summed E-state index contributed by atoms with van der Waals surface area (Å²) in [5.74, 6) is 0.172. The monoisotopic (exact) mass is 532 g/mol. The summed E-state index contributed by atoms with van der Waals surface area (Å²) in [4.78, 5) is 35.4. The summed E-state index contributed by atoms with van der Waals surface area (Å²) in [6.07, 6.45) is -1.31. The Morgan fingerprint density at radius 3 is 2.46 bits per heavy atom. The highest BCUT2D eigenvalue weighted by Gasteiger charge is 2.30. The third kappa shape index (κ3) is 9.16. The fraction of sp³-hybridized carbons (Fsp3) is 0.280. The van der Waals surface area contributed by atoms with E-state index in [1.807, 2.05) is 19.0 Å². The van der Waals surface area contributed by atoms with Crippen molar-refractivity contribution in [2.24, 2.45) is 0 Å². The van der Waals surface area contributed by atoms with Crippen molar-refractivity contribution in [2.75, 3.05) is 44.4 Å². The van der Waals surface area contributed by atoms with Crippen LogP contribution in [-0.4, -0.2) is 60.4 Å². The van der Waals surface area contributed by atoms with E-state index in [1.165, 1.54) is 23.9 Å². The average molecular weight is 533 g/mol. The first-order valence-corrected chi connectivity index (χ1v) is 12.3. The number of thioether (sulfide) groups is 1. The molecule has 0 atom stereocenters. The molecule has 0 bridgehead atoms. The Hall–Kier alpha value is -3.48. The van der Waals surface area contributed by atoms with Gasteiger partial charge in [-0.15, -0.1) is 11.8 Å². The Kier molecular flexibility index (Phi) is 10.0. The second-order valence-electron chi connectivity index (χ2n) is 8.25. The number of halogens is 3. The Morgan fingerprint density at radius 1 is 1.00 bits per heavy atom. The number of hydrogen-bond acceptors (Lipinski definition) is 7. The molecule has 3 aromatic rings. The van der Waals surface area contributed by atoms with E-state index in [1.54, 1.807) is 36.7 Å². The fourth-order valence-electron chi connectivity index (χ4n) is 3.10. The van der Waals surface area contributed by atoms with Crippen LogP contribution in [0.5, 0.6) is 0 Å². The molecule has 0 fully saturated rings. The van der Waals surface area contributed by atoms with Gasteiger partial charge in [0.25, 0.3) is 5.91 Å². The Balaban J connectivity index is 1.58. The number of nitrogens with zero attached hydrogens (tertiary/aromatic N) is 3. The number of amides is 2. The number of likely N-dealkylation sites (N-methyl/N-ethyl adjacent to an activating group) is 1. The highest BCUT2D eigenvalue weighted by atomic mass is 32.2. The van der Waals surface area contributed by atoms with Gasteiger partial charge in [0.15, 0.2) is 0 Å². The summed E-state index contributed by atoms with van der Waals surface area (Å²) >= 11 is 1.31. The minimum absolute atomic E-state index is 0.167. The Labute approximate surface area is 217 Å². The maximum atomic E-state index is 12.8. The van der Waals surface area contributed by atoms with Crippen LogP contribution in [0.25, 0.3) is 0 Å². The highest BCUT2D eigenvalue weighted by molar-refractivity contribution is 7.98. The van der Waals surface area contributed by atoms with Gasteiger partial charge >= 0.3 is 6.18 Å². The number of rotatable bonds is 11. The second kappa shape index (κ2) is 13.2. The van der Waals surface area contributed by atoms with Crippen LogP contribution in [0.1, 0.15) is 21.5 Å². The molecule has 0 radical (unpaired) electrons. The van der Waals surface area contributed by atoms with Gasteiger partial charge < -0.3 is 20.9 Å². The predicted molar refractivity (Wildman–Crippen MR) is 137 cm³/mol. The number of pyridine rings is 2. The van der Waals surface area contributed by atoms with Crippen LogP contribution in [0.4, 0.5) is 24.7 Å². The number of alkyl halides is 3. The van der Waals surface area contributed by atoms with Crippen molar-refractivity contribution in [1.82, 2.24) is 20.2 Å². The summed E-state index contributed by atoms with van der Waals surface area (Å²) < 4.78 is 38.3. The molecule has 3 N–H and O–H groups in total. The van der Waals surface area contributed by atoms with Gasteiger partial charge in [0.2, 0.25) is 5.91 Å². The van der Waals surface area contributed by atoms with Crippen LogP contribution in [0.15, 0.2) is 66.0 Å². The predicted octanol–water partition coefficient (Wildman–Crippen LogP) is 4.13. The van der Waals surface area contributed by atoms with E-state index < -0.39 is 17.6 Å². The third-order valence-electron chi connectivity index (χ3n) is 4.97. The number of hydrogen-bond donors (Lipinski definition) is 3.